The van der Waals surface area contributed by atoms with Crippen molar-refractivity contribution in [3.05, 3.63) is 71.1 Å². The van der Waals surface area contributed by atoms with Crippen LogP contribution in [-0.4, -0.2) is 48.9 Å². The molecule has 1 aliphatic heterocycles. The van der Waals surface area contributed by atoms with Gasteiger partial charge in [-0.05, 0) is 67.4 Å². The fourth-order valence-electron chi connectivity index (χ4n) is 3.85. The quantitative estimate of drug-likeness (QED) is 0.581. The molecule has 1 amide bonds. The van der Waals surface area contributed by atoms with Crippen LogP contribution in [0.3, 0.4) is 0 Å². The number of hydrogen-bond donors (Lipinski definition) is 2. The van der Waals surface area contributed by atoms with Crippen LogP contribution in [-0.2, 0) is 6.54 Å². The van der Waals surface area contributed by atoms with Crippen molar-refractivity contribution in [1.82, 2.24) is 9.80 Å². The van der Waals surface area contributed by atoms with Crippen molar-refractivity contribution in [1.29, 1.82) is 0 Å². The standard InChI is InChI=1S/C24H28N4OS/c1-27(2)20-11-12-28(16-20)15-17-5-7-18(8-6-17)24(29)26-22-14-19(9-10-21(22)25)23-4-3-13-30-23/h3-10,13-14,20H,11-12,15-16,25H2,1-2H3,(H,26,29). The third-order valence-corrected chi connectivity index (χ3v) is 6.63. The average molecular weight is 421 g/mol. The number of nitrogens with two attached hydrogens (primary N) is 1. The second-order valence-corrected chi connectivity index (χ2v) is 9.02. The molecule has 2 heterocycles. The monoisotopic (exact) mass is 420 g/mol. The van der Waals surface area contributed by atoms with Gasteiger partial charge in [-0.3, -0.25) is 9.69 Å². The summed E-state index contributed by atoms with van der Waals surface area (Å²) in [5, 5.41) is 5.00. The average Bonchev–Trinajstić information content (AvgIpc) is 3.42. The van der Waals surface area contributed by atoms with Crippen LogP contribution < -0.4 is 11.1 Å². The van der Waals surface area contributed by atoms with Crippen LogP contribution in [0, 0.1) is 0 Å². The van der Waals surface area contributed by atoms with Gasteiger partial charge in [0.2, 0.25) is 0 Å². The van der Waals surface area contributed by atoms with E-state index in [9.17, 15) is 4.79 Å². The third-order valence-electron chi connectivity index (χ3n) is 5.71. The number of hydrogen-bond acceptors (Lipinski definition) is 5. The highest BCUT2D eigenvalue weighted by molar-refractivity contribution is 7.13. The Morgan fingerprint density at radius 1 is 1.20 bits per heavy atom. The van der Waals surface area contributed by atoms with E-state index in [2.05, 4.69) is 35.3 Å². The molecular formula is C24H28N4OS. The zero-order chi connectivity index (χ0) is 21.1. The minimum Gasteiger partial charge on any atom is -0.397 e. The molecule has 1 aromatic heterocycles. The fraction of sp³-hybridized carbons (Fsp3) is 0.292. The molecule has 3 N–H and O–H groups in total. The maximum Gasteiger partial charge on any atom is 0.255 e. The smallest absolute Gasteiger partial charge is 0.255 e. The molecule has 1 saturated heterocycles. The molecule has 1 atom stereocenters. The fourth-order valence-corrected chi connectivity index (χ4v) is 4.58. The number of benzene rings is 2. The normalized spacial score (nSPS) is 16.8. The number of carbonyl (C=O) groups is 1. The highest BCUT2D eigenvalue weighted by Crippen LogP contribution is 2.30. The Balaban J connectivity index is 1.40. The minimum atomic E-state index is -0.148. The third kappa shape index (κ3) is 4.73. The van der Waals surface area contributed by atoms with Crippen LogP contribution in [0.5, 0.6) is 0 Å². The molecule has 6 heteroatoms. The second kappa shape index (κ2) is 9.00. The highest BCUT2D eigenvalue weighted by atomic mass is 32.1. The number of nitrogen functional groups attached to an aromatic ring is 1. The Bertz CT molecular complexity index is 999. The van der Waals surface area contributed by atoms with Gasteiger partial charge in [0.1, 0.15) is 0 Å². The number of rotatable bonds is 6. The molecule has 0 bridgehead atoms. The van der Waals surface area contributed by atoms with Crippen LogP contribution in [0.25, 0.3) is 10.4 Å². The predicted octanol–water partition coefficient (Wildman–Crippen LogP) is 4.39. The summed E-state index contributed by atoms with van der Waals surface area (Å²) in [5.74, 6) is -0.148. The predicted molar refractivity (Wildman–Crippen MR) is 126 cm³/mol. The van der Waals surface area contributed by atoms with Crippen molar-refractivity contribution in [3.63, 3.8) is 0 Å². The lowest BCUT2D eigenvalue weighted by atomic mass is 10.1. The molecule has 156 valence electrons. The number of thiophene rings is 1. The minimum absolute atomic E-state index is 0.148. The lowest BCUT2D eigenvalue weighted by Gasteiger charge is -2.20. The first kappa shape index (κ1) is 20.6. The number of likely N-dealkylation sites (N-methyl/N-ethyl adjacent to an activating group) is 1. The first-order valence-electron chi connectivity index (χ1n) is 10.2. The molecule has 0 aliphatic carbocycles. The molecule has 1 fully saturated rings. The second-order valence-electron chi connectivity index (χ2n) is 8.07. The van der Waals surface area contributed by atoms with Crippen molar-refractivity contribution in [3.8, 4) is 10.4 Å². The van der Waals surface area contributed by atoms with E-state index in [1.54, 1.807) is 11.3 Å². The van der Waals surface area contributed by atoms with Crippen molar-refractivity contribution < 1.29 is 4.79 Å². The van der Waals surface area contributed by atoms with Gasteiger partial charge in [0.15, 0.2) is 0 Å². The Morgan fingerprint density at radius 2 is 2.00 bits per heavy atom. The summed E-state index contributed by atoms with van der Waals surface area (Å²) in [6, 6.07) is 18.3. The first-order chi connectivity index (χ1) is 14.5. The van der Waals surface area contributed by atoms with E-state index >= 15 is 0 Å². The van der Waals surface area contributed by atoms with E-state index in [-0.39, 0.29) is 5.91 Å². The topological polar surface area (TPSA) is 61.6 Å². The van der Waals surface area contributed by atoms with Gasteiger partial charge < -0.3 is 16.0 Å². The maximum atomic E-state index is 12.8. The summed E-state index contributed by atoms with van der Waals surface area (Å²) < 4.78 is 0. The Hall–Kier alpha value is -2.67. The van der Waals surface area contributed by atoms with E-state index in [1.807, 2.05) is 53.9 Å². The Kier molecular flexibility index (Phi) is 6.18. The van der Waals surface area contributed by atoms with E-state index in [0.717, 1.165) is 30.1 Å². The lowest BCUT2D eigenvalue weighted by Crippen LogP contribution is -2.31. The van der Waals surface area contributed by atoms with Crippen molar-refractivity contribution in [2.24, 2.45) is 0 Å². The summed E-state index contributed by atoms with van der Waals surface area (Å²) in [6.07, 6.45) is 1.21. The number of anilines is 2. The van der Waals surface area contributed by atoms with Gasteiger partial charge in [-0.2, -0.15) is 0 Å². The van der Waals surface area contributed by atoms with Gasteiger partial charge in [-0.1, -0.05) is 24.3 Å². The van der Waals surface area contributed by atoms with Crippen molar-refractivity contribution in [2.75, 3.05) is 38.2 Å². The van der Waals surface area contributed by atoms with Gasteiger partial charge in [0.05, 0.1) is 11.4 Å². The summed E-state index contributed by atoms with van der Waals surface area (Å²) >= 11 is 1.66. The number of amides is 1. The van der Waals surface area contributed by atoms with Crippen molar-refractivity contribution in [2.45, 2.75) is 19.0 Å². The largest absolute Gasteiger partial charge is 0.397 e. The van der Waals surface area contributed by atoms with Gasteiger partial charge in [0.25, 0.3) is 5.91 Å². The van der Waals surface area contributed by atoms with Gasteiger partial charge >= 0.3 is 0 Å². The number of likely N-dealkylation sites (tertiary alicyclic amines) is 1. The first-order valence-corrected chi connectivity index (χ1v) is 11.1. The zero-order valence-electron chi connectivity index (χ0n) is 17.5. The molecule has 2 aromatic carbocycles. The molecule has 0 spiro atoms. The summed E-state index contributed by atoms with van der Waals surface area (Å²) in [4.78, 5) is 18.7. The molecule has 0 radical (unpaired) electrons. The summed E-state index contributed by atoms with van der Waals surface area (Å²) in [7, 11) is 4.29. The summed E-state index contributed by atoms with van der Waals surface area (Å²) in [5.41, 5.74) is 10.2. The lowest BCUT2D eigenvalue weighted by molar-refractivity contribution is 0.102. The molecule has 4 rings (SSSR count). The molecule has 0 saturated carbocycles. The Labute approximate surface area is 182 Å². The van der Waals surface area contributed by atoms with Crippen molar-refractivity contribution >= 4 is 28.6 Å². The van der Waals surface area contributed by atoms with E-state index in [4.69, 9.17) is 5.73 Å². The van der Waals surface area contributed by atoms with Crippen LogP contribution in [0.1, 0.15) is 22.3 Å². The highest BCUT2D eigenvalue weighted by Gasteiger charge is 2.23. The number of nitrogens with zero attached hydrogens (tertiary/aromatic N) is 2. The zero-order valence-corrected chi connectivity index (χ0v) is 18.3. The number of carbonyl (C=O) groups excluding carboxylic acids is 1. The molecule has 30 heavy (non-hydrogen) atoms. The van der Waals surface area contributed by atoms with Gasteiger partial charge in [-0.25, -0.2) is 0 Å². The molecular weight excluding hydrogens is 392 g/mol. The van der Waals surface area contributed by atoms with Gasteiger partial charge in [0, 0.05) is 36.1 Å². The van der Waals surface area contributed by atoms with E-state index in [0.29, 0.717) is 23.0 Å². The number of nitrogens with one attached hydrogen (secondary N) is 1. The van der Waals surface area contributed by atoms with E-state index < -0.39 is 0 Å². The van der Waals surface area contributed by atoms with Gasteiger partial charge in [-0.15, -0.1) is 11.3 Å². The van der Waals surface area contributed by atoms with Crippen LogP contribution >= 0.6 is 11.3 Å². The Morgan fingerprint density at radius 3 is 2.67 bits per heavy atom. The SMILES string of the molecule is CN(C)C1CCN(Cc2ccc(C(=O)Nc3cc(-c4cccs4)ccc3N)cc2)C1. The maximum absolute atomic E-state index is 12.8. The molecule has 1 aliphatic rings. The van der Waals surface area contributed by atoms with Crippen LogP contribution in [0.4, 0.5) is 11.4 Å². The molecule has 5 nitrogen and oxygen atoms in total. The van der Waals surface area contributed by atoms with Crippen LogP contribution in [0.15, 0.2) is 60.0 Å². The van der Waals surface area contributed by atoms with E-state index in [1.165, 1.54) is 12.0 Å². The summed E-state index contributed by atoms with van der Waals surface area (Å²) in [6.45, 7) is 3.13. The van der Waals surface area contributed by atoms with Crippen LogP contribution in [0.2, 0.25) is 0 Å². The molecule has 1 unspecified atom stereocenters. The molecule has 3 aromatic rings.